The van der Waals surface area contributed by atoms with Crippen molar-refractivity contribution in [1.29, 1.82) is 0 Å². The first-order valence-corrected chi connectivity index (χ1v) is 6.85. The van der Waals surface area contributed by atoms with Crippen LogP contribution in [0.3, 0.4) is 0 Å². The van der Waals surface area contributed by atoms with Crippen molar-refractivity contribution in [1.82, 2.24) is 4.90 Å². The van der Waals surface area contributed by atoms with E-state index in [9.17, 15) is 14.7 Å². The minimum Gasteiger partial charge on any atom is -0.496 e. The molecule has 114 valence electrons. The van der Waals surface area contributed by atoms with Crippen LogP contribution in [0.1, 0.15) is 16.8 Å². The quantitative estimate of drug-likeness (QED) is 0.877. The van der Waals surface area contributed by atoms with E-state index in [1.807, 2.05) is 0 Å². The van der Waals surface area contributed by atoms with Crippen molar-refractivity contribution in [3.8, 4) is 5.75 Å². The number of amides is 1. The van der Waals surface area contributed by atoms with E-state index in [-0.39, 0.29) is 24.4 Å². The van der Waals surface area contributed by atoms with Crippen molar-refractivity contribution >= 4 is 23.5 Å². The van der Waals surface area contributed by atoms with E-state index in [2.05, 4.69) is 0 Å². The topological polar surface area (TPSA) is 87.1 Å². The summed E-state index contributed by atoms with van der Waals surface area (Å²) < 4.78 is 5.14. The second kappa shape index (κ2) is 6.32. The van der Waals surface area contributed by atoms with Gasteiger partial charge in [-0.3, -0.25) is 9.59 Å². The summed E-state index contributed by atoms with van der Waals surface area (Å²) >= 11 is 5.90. The van der Waals surface area contributed by atoms with Crippen LogP contribution >= 0.6 is 11.6 Å². The number of carboxylic acid groups (broad SMARTS) is 1. The van der Waals surface area contributed by atoms with Gasteiger partial charge in [0.2, 0.25) is 0 Å². The molecule has 1 saturated heterocycles. The number of aliphatic carboxylic acids is 1. The molecular weight excluding hydrogens is 298 g/mol. The molecule has 2 N–H and O–H groups in total. The predicted octanol–water partition coefficient (Wildman–Crippen LogP) is 1.26. The van der Waals surface area contributed by atoms with Gasteiger partial charge in [-0.2, -0.15) is 0 Å². The predicted molar refractivity (Wildman–Crippen MR) is 75.7 cm³/mol. The third kappa shape index (κ3) is 3.28. The molecule has 7 heteroatoms. The number of hydrogen-bond acceptors (Lipinski definition) is 4. The molecule has 0 aromatic heterocycles. The average molecular weight is 314 g/mol. The van der Waals surface area contributed by atoms with Gasteiger partial charge in [-0.05, 0) is 24.6 Å². The molecular formula is C14H16ClNO5. The molecule has 1 amide bonds. The minimum absolute atomic E-state index is 0.0367. The molecule has 1 aromatic carbocycles. The van der Waals surface area contributed by atoms with Crippen LogP contribution in [0.15, 0.2) is 18.2 Å². The van der Waals surface area contributed by atoms with Gasteiger partial charge in [-0.15, -0.1) is 0 Å². The number of carbonyl (C=O) groups excluding carboxylic acids is 1. The number of halogens is 1. The van der Waals surface area contributed by atoms with E-state index in [0.717, 1.165) is 0 Å². The minimum atomic E-state index is -1.11. The first-order chi connectivity index (χ1) is 9.93. The maximum Gasteiger partial charge on any atom is 0.310 e. The SMILES string of the molecule is COc1ccc(Cl)cc1C(=O)N1CC[C@@H](O)[C@H](C(=O)O)C1. The molecule has 21 heavy (non-hydrogen) atoms. The lowest BCUT2D eigenvalue weighted by atomic mass is 9.94. The number of aliphatic hydroxyl groups excluding tert-OH is 1. The van der Waals surface area contributed by atoms with Gasteiger partial charge in [-0.25, -0.2) is 0 Å². The number of ether oxygens (including phenoxy) is 1. The zero-order valence-electron chi connectivity index (χ0n) is 11.5. The van der Waals surface area contributed by atoms with E-state index in [4.69, 9.17) is 21.4 Å². The van der Waals surface area contributed by atoms with Crippen LogP contribution in [0.4, 0.5) is 0 Å². The first-order valence-electron chi connectivity index (χ1n) is 6.47. The van der Waals surface area contributed by atoms with Gasteiger partial charge in [-0.1, -0.05) is 11.6 Å². The normalized spacial score (nSPS) is 22.0. The number of likely N-dealkylation sites (tertiary alicyclic amines) is 1. The molecule has 1 aliphatic heterocycles. The number of carbonyl (C=O) groups is 2. The Balaban J connectivity index is 2.24. The summed E-state index contributed by atoms with van der Waals surface area (Å²) in [5, 5.41) is 19.2. The van der Waals surface area contributed by atoms with Crippen LogP contribution in [-0.2, 0) is 4.79 Å². The third-order valence-electron chi connectivity index (χ3n) is 3.57. The van der Waals surface area contributed by atoms with Crippen molar-refractivity contribution in [3.63, 3.8) is 0 Å². The lowest BCUT2D eigenvalue weighted by Gasteiger charge is -2.34. The van der Waals surface area contributed by atoms with Gasteiger partial charge in [0.25, 0.3) is 5.91 Å². The third-order valence-corrected chi connectivity index (χ3v) is 3.81. The molecule has 0 saturated carbocycles. The monoisotopic (exact) mass is 313 g/mol. The number of hydrogen-bond donors (Lipinski definition) is 2. The summed E-state index contributed by atoms with van der Waals surface area (Å²) in [6, 6.07) is 4.68. The summed E-state index contributed by atoms with van der Waals surface area (Å²) in [5.41, 5.74) is 0.283. The fourth-order valence-corrected chi connectivity index (χ4v) is 2.56. The van der Waals surface area contributed by atoms with Crippen molar-refractivity contribution in [2.45, 2.75) is 12.5 Å². The fourth-order valence-electron chi connectivity index (χ4n) is 2.38. The van der Waals surface area contributed by atoms with Gasteiger partial charge in [0, 0.05) is 18.1 Å². The molecule has 6 nitrogen and oxygen atoms in total. The molecule has 0 radical (unpaired) electrons. The van der Waals surface area contributed by atoms with Crippen LogP contribution in [-0.4, -0.2) is 53.3 Å². The van der Waals surface area contributed by atoms with E-state index in [0.29, 0.717) is 17.3 Å². The standard InChI is InChI=1S/C14H16ClNO5/c1-21-12-3-2-8(15)6-9(12)13(18)16-5-4-11(17)10(7-16)14(19)20/h2-3,6,10-11,17H,4-5,7H2,1H3,(H,19,20)/t10-,11-/m1/s1. The van der Waals surface area contributed by atoms with E-state index in [1.54, 1.807) is 12.1 Å². The summed E-state index contributed by atoms with van der Waals surface area (Å²) in [4.78, 5) is 25.0. The fraction of sp³-hybridized carbons (Fsp3) is 0.429. The zero-order valence-corrected chi connectivity index (χ0v) is 12.2. The molecule has 2 rings (SSSR count). The van der Waals surface area contributed by atoms with Crippen LogP contribution < -0.4 is 4.74 Å². The van der Waals surface area contributed by atoms with Crippen molar-refractivity contribution in [2.75, 3.05) is 20.2 Å². The van der Waals surface area contributed by atoms with Crippen molar-refractivity contribution in [3.05, 3.63) is 28.8 Å². The number of aliphatic hydroxyl groups is 1. The molecule has 1 heterocycles. The molecule has 0 unspecified atom stereocenters. The highest BCUT2D eigenvalue weighted by atomic mass is 35.5. The van der Waals surface area contributed by atoms with Gasteiger partial charge in [0.1, 0.15) is 11.7 Å². The zero-order chi connectivity index (χ0) is 15.6. The Hall–Kier alpha value is -1.79. The lowest BCUT2D eigenvalue weighted by Crippen LogP contribution is -2.48. The Morgan fingerprint density at radius 3 is 2.76 bits per heavy atom. The molecule has 1 aliphatic rings. The van der Waals surface area contributed by atoms with Crippen molar-refractivity contribution < 1.29 is 24.5 Å². The van der Waals surface area contributed by atoms with E-state index in [1.165, 1.54) is 18.1 Å². The summed E-state index contributed by atoms with van der Waals surface area (Å²) in [6.45, 7) is 0.254. The van der Waals surface area contributed by atoms with Gasteiger partial charge in [0.05, 0.1) is 18.8 Å². The first kappa shape index (κ1) is 15.6. The van der Waals surface area contributed by atoms with Crippen LogP contribution in [0.5, 0.6) is 5.75 Å². The van der Waals surface area contributed by atoms with Gasteiger partial charge < -0.3 is 19.8 Å². The maximum atomic E-state index is 12.5. The van der Waals surface area contributed by atoms with Crippen molar-refractivity contribution in [2.24, 2.45) is 5.92 Å². The molecule has 1 fully saturated rings. The number of rotatable bonds is 3. The van der Waals surface area contributed by atoms with Crippen LogP contribution in [0, 0.1) is 5.92 Å². The van der Waals surface area contributed by atoms with E-state index < -0.39 is 18.0 Å². The number of piperidine rings is 1. The number of benzene rings is 1. The Bertz CT molecular complexity index is 562. The van der Waals surface area contributed by atoms with E-state index >= 15 is 0 Å². The molecule has 2 atom stereocenters. The van der Waals surface area contributed by atoms with Crippen LogP contribution in [0.2, 0.25) is 5.02 Å². The summed E-state index contributed by atoms with van der Waals surface area (Å²) in [5.74, 6) is -2.07. The molecule has 0 spiro atoms. The summed E-state index contributed by atoms with van der Waals surface area (Å²) in [6.07, 6.45) is -0.709. The van der Waals surface area contributed by atoms with Gasteiger partial charge >= 0.3 is 5.97 Å². The van der Waals surface area contributed by atoms with Gasteiger partial charge in [0.15, 0.2) is 0 Å². The number of nitrogens with zero attached hydrogens (tertiary/aromatic N) is 1. The smallest absolute Gasteiger partial charge is 0.310 e. The van der Waals surface area contributed by atoms with Crippen LogP contribution in [0.25, 0.3) is 0 Å². The Morgan fingerprint density at radius 2 is 2.14 bits per heavy atom. The molecule has 0 aliphatic carbocycles. The second-order valence-corrected chi connectivity index (χ2v) is 5.33. The highest BCUT2D eigenvalue weighted by Crippen LogP contribution is 2.26. The summed E-state index contributed by atoms with van der Waals surface area (Å²) in [7, 11) is 1.44. The highest BCUT2D eigenvalue weighted by molar-refractivity contribution is 6.31. The lowest BCUT2D eigenvalue weighted by molar-refractivity contribution is -0.148. The number of carboxylic acids is 1. The average Bonchev–Trinajstić information content (AvgIpc) is 2.46. The molecule has 0 bridgehead atoms. The largest absolute Gasteiger partial charge is 0.496 e. The number of methoxy groups -OCH3 is 1. The second-order valence-electron chi connectivity index (χ2n) is 4.90. The molecule has 1 aromatic rings. The Morgan fingerprint density at radius 1 is 1.43 bits per heavy atom. The highest BCUT2D eigenvalue weighted by Gasteiger charge is 2.35. The Kier molecular flexibility index (Phi) is 4.69. The Labute approximate surface area is 126 Å². The maximum absolute atomic E-state index is 12.5.